The molecule has 3 aromatic rings. The van der Waals surface area contributed by atoms with Crippen LogP contribution in [0.3, 0.4) is 0 Å². The van der Waals surface area contributed by atoms with Crippen LogP contribution in [-0.2, 0) is 16.6 Å². The normalized spacial score (nSPS) is 16.4. The van der Waals surface area contributed by atoms with Crippen LogP contribution in [0.15, 0.2) is 35.5 Å². The van der Waals surface area contributed by atoms with Gasteiger partial charge >= 0.3 is 0 Å². The van der Waals surface area contributed by atoms with Crippen molar-refractivity contribution in [2.24, 2.45) is 0 Å². The highest BCUT2D eigenvalue weighted by molar-refractivity contribution is 7.89. The van der Waals surface area contributed by atoms with E-state index in [9.17, 15) is 8.42 Å². The van der Waals surface area contributed by atoms with Crippen LogP contribution in [0.25, 0.3) is 5.65 Å². The number of fused-ring (bicyclic) bond motifs is 1. The summed E-state index contributed by atoms with van der Waals surface area (Å²) in [7, 11) is -3.52. The number of imidazole rings is 1. The first-order chi connectivity index (χ1) is 14.2. The molecule has 0 unspecified atom stereocenters. The maximum atomic E-state index is 13.5. The number of sulfonamides is 1. The lowest BCUT2D eigenvalue weighted by Crippen LogP contribution is -2.48. The van der Waals surface area contributed by atoms with Crippen LogP contribution in [-0.4, -0.2) is 53.2 Å². The van der Waals surface area contributed by atoms with Crippen molar-refractivity contribution in [2.75, 3.05) is 26.2 Å². The molecule has 0 radical (unpaired) electrons. The monoisotopic (exact) mass is 426 g/mol. The topological polar surface area (TPSA) is 57.9 Å². The highest BCUT2D eigenvalue weighted by Crippen LogP contribution is 2.32. The molecular formula is C23H30N4O2S. The van der Waals surface area contributed by atoms with Gasteiger partial charge in [-0.05, 0) is 74.6 Å². The number of hydrogen-bond acceptors (Lipinski definition) is 4. The zero-order valence-corrected chi connectivity index (χ0v) is 19.3. The molecule has 0 spiro atoms. The van der Waals surface area contributed by atoms with E-state index in [0.717, 1.165) is 40.1 Å². The molecule has 1 aromatic carbocycles. The lowest BCUT2D eigenvalue weighted by Gasteiger charge is -2.34. The lowest BCUT2D eigenvalue weighted by atomic mass is 9.95. The fourth-order valence-corrected chi connectivity index (χ4v) is 6.38. The summed E-state index contributed by atoms with van der Waals surface area (Å²) >= 11 is 0. The standard InChI is InChI=1S/C23H30N4O2S/c1-16-17(2)19(4)23(20(5)18(16)3)30(28,29)27-12-10-25(11-13-27)14-21-15-26-9-7-6-8-22(26)24-21/h6-9,15H,10-14H2,1-5H3. The molecule has 0 saturated carbocycles. The molecule has 1 fully saturated rings. The number of aromatic nitrogens is 2. The second-order valence-electron chi connectivity index (χ2n) is 8.33. The van der Waals surface area contributed by atoms with Crippen molar-refractivity contribution >= 4 is 15.7 Å². The Labute approximate surface area is 179 Å². The van der Waals surface area contributed by atoms with E-state index in [1.807, 2.05) is 62.7 Å². The molecule has 0 amide bonds. The average molecular weight is 427 g/mol. The predicted molar refractivity (Wildman–Crippen MR) is 119 cm³/mol. The first-order valence-electron chi connectivity index (χ1n) is 10.4. The second kappa shape index (κ2) is 7.80. The summed E-state index contributed by atoms with van der Waals surface area (Å²) in [5, 5.41) is 0. The lowest BCUT2D eigenvalue weighted by molar-refractivity contribution is 0.180. The summed E-state index contributed by atoms with van der Waals surface area (Å²) in [6.45, 7) is 13.1. The first-order valence-corrected chi connectivity index (χ1v) is 11.9. The average Bonchev–Trinajstić information content (AvgIpc) is 3.13. The Balaban J connectivity index is 1.51. The van der Waals surface area contributed by atoms with Crippen molar-refractivity contribution in [1.82, 2.24) is 18.6 Å². The minimum atomic E-state index is -3.52. The largest absolute Gasteiger partial charge is 0.307 e. The Morgan fingerprint density at radius 2 is 1.47 bits per heavy atom. The number of benzene rings is 1. The quantitative estimate of drug-likeness (QED) is 0.642. The van der Waals surface area contributed by atoms with E-state index in [2.05, 4.69) is 16.8 Å². The zero-order chi connectivity index (χ0) is 21.6. The molecule has 0 bridgehead atoms. The van der Waals surface area contributed by atoms with Gasteiger partial charge in [0, 0.05) is 45.1 Å². The Morgan fingerprint density at radius 1 is 0.867 bits per heavy atom. The Hall–Kier alpha value is -2.22. The summed E-state index contributed by atoms with van der Waals surface area (Å²) in [6.07, 6.45) is 4.04. The molecular weight excluding hydrogens is 396 g/mol. The van der Waals surface area contributed by atoms with Crippen molar-refractivity contribution in [2.45, 2.75) is 46.1 Å². The van der Waals surface area contributed by atoms with Gasteiger partial charge in [0.1, 0.15) is 5.65 Å². The van der Waals surface area contributed by atoms with Crippen molar-refractivity contribution in [3.63, 3.8) is 0 Å². The van der Waals surface area contributed by atoms with Crippen molar-refractivity contribution < 1.29 is 8.42 Å². The number of nitrogens with zero attached hydrogens (tertiary/aromatic N) is 4. The molecule has 1 aliphatic heterocycles. The van der Waals surface area contributed by atoms with Crippen LogP contribution >= 0.6 is 0 Å². The van der Waals surface area contributed by atoms with E-state index in [1.165, 1.54) is 5.56 Å². The predicted octanol–water partition coefficient (Wildman–Crippen LogP) is 3.38. The summed E-state index contributed by atoms with van der Waals surface area (Å²) in [5.74, 6) is 0. The van der Waals surface area contributed by atoms with Crippen molar-refractivity contribution in [3.05, 3.63) is 64.1 Å². The van der Waals surface area contributed by atoms with Gasteiger partial charge in [-0.25, -0.2) is 13.4 Å². The van der Waals surface area contributed by atoms with E-state index in [1.54, 1.807) is 4.31 Å². The minimum absolute atomic E-state index is 0.497. The van der Waals surface area contributed by atoms with Crippen molar-refractivity contribution in [3.8, 4) is 0 Å². The van der Waals surface area contributed by atoms with Gasteiger partial charge in [-0.15, -0.1) is 0 Å². The van der Waals surface area contributed by atoms with E-state index in [4.69, 9.17) is 0 Å². The van der Waals surface area contributed by atoms with E-state index in [0.29, 0.717) is 31.1 Å². The number of pyridine rings is 1. The molecule has 2 aromatic heterocycles. The first kappa shape index (κ1) is 21.0. The maximum Gasteiger partial charge on any atom is 0.243 e. The van der Waals surface area contributed by atoms with Gasteiger partial charge in [-0.3, -0.25) is 4.90 Å². The van der Waals surface area contributed by atoms with Gasteiger partial charge in [0.25, 0.3) is 0 Å². The minimum Gasteiger partial charge on any atom is -0.307 e. The SMILES string of the molecule is Cc1c(C)c(C)c(S(=O)(=O)N2CCN(Cc3cn4ccccc4n3)CC2)c(C)c1C. The van der Waals surface area contributed by atoms with Gasteiger partial charge in [0.2, 0.25) is 10.0 Å². The summed E-state index contributed by atoms with van der Waals surface area (Å²) in [5.41, 5.74) is 7.02. The Kier molecular flexibility index (Phi) is 5.46. The number of hydrogen-bond donors (Lipinski definition) is 0. The van der Waals surface area contributed by atoms with Crippen LogP contribution in [0.5, 0.6) is 0 Å². The third-order valence-corrected chi connectivity index (χ3v) is 8.83. The third kappa shape index (κ3) is 3.55. The number of piperazine rings is 1. The van der Waals surface area contributed by atoms with Crippen molar-refractivity contribution in [1.29, 1.82) is 0 Å². The van der Waals surface area contributed by atoms with Crippen LogP contribution in [0.4, 0.5) is 0 Å². The summed E-state index contributed by atoms with van der Waals surface area (Å²) < 4.78 is 30.7. The van der Waals surface area contributed by atoms with Crippen LogP contribution < -0.4 is 0 Å². The maximum absolute atomic E-state index is 13.5. The third-order valence-electron chi connectivity index (χ3n) is 6.66. The molecule has 3 heterocycles. The van der Waals surface area contributed by atoms with Gasteiger partial charge in [-0.2, -0.15) is 4.31 Å². The van der Waals surface area contributed by atoms with Gasteiger partial charge < -0.3 is 4.40 Å². The molecule has 4 rings (SSSR count). The molecule has 1 saturated heterocycles. The van der Waals surface area contributed by atoms with Gasteiger partial charge in [0.15, 0.2) is 0 Å². The Bertz CT molecular complexity index is 1140. The van der Waals surface area contributed by atoms with E-state index >= 15 is 0 Å². The molecule has 7 heteroatoms. The smallest absolute Gasteiger partial charge is 0.243 e. The molecule has 0 N–H and O–H groups in total. The molecule has 1 aliphatic rings. The van der Waals surface area contributed by atoms with Gasteiger partial charge in [-0.1, -0.05) is 6.07 Å². The highest BCUT2D eigenvalue weighted by atomic mass is 32.2. The second-order valence-corrected chi connectivity index (χ2v) is 10.2. The van der Waals surface area contributed by atoms with Crippen LogP contribution in [0.1, 0.15) is 33.5 Å². The molecule has 160 valence electrons. The molecule has 6 nitrogen and oxygen atoms in total. The Morgan fingerprint density at radius 3 is 2.07 bits per heavy atom. The molecule has 0 aliphatic carbocycles. The zero-order valence-electron chi connectivity index (χ0n) is 18.4. The molecule has 30 heavy (non-hydrogen) atoms. The summed E-state index contributed by atoms with van der Waals surface area (Å²) in [4.78, 5) is 7.44. The van der Waals surface area contributed by atoms with Crippen LogP contribution in [0, 0.1) is 34.6 Å². The van der Waals surface area contributed by atoms with Gasteiger partial charge in [0.05, 0.1) is 10.6 Å². The molecule has 0 atom stereocenters. The highest BCUT2D eigenvalue weighted by Gasteiger charge is 2.32. The fourth-order valence-electron chi connectivity index (χ4n) is 4.40. The fraction of sp³-hybridized carbons (Fsp3) is 0.435. The van der Waals surface area contributed by atoms with E-state index < -0.39 is 10.0 Å². The number of rotatable bonds is 4. The summed E-state index contributed by atoms with van der Waals surface area (Å²) in [6, 6.07) is 5.96. The van der Waals surface area contributed by atoms with E-state index in [-0.39, 0.29) is 0 Å². The van der Waals surface area contributed by atoms with Crippen LogP contribution in [0.2, 0.25) is 0 Å².